The fourth-order valence-corrected chi connectivity index (χ4v) is 4.67. The van der Waals surface area contributed by atoms with Crippen molar-refractivity contribution in [3.63, 3.8) is 0 Å². The molecule has 2 heterocycles. The number of hydrogen-bond donors (Lipinski definition) is 2. The summed E-state index contributed by atoms with van der Waals surface area (Å²) in [7, 11) is 1.59. The van der Waals surface area contributed by atoms with E-state index in [9.17, 15) is 10.0 Å². The number of aromatic nitrogens is 1. The van der Waals surface area contributed by atoms with E-state index in [-0.39, 0.29) is 11.6 Å². The van der Waals surface area contributed by atoms with Gasteiger partial charge < -0.3 is 10.1 Å². The van der Waals surface area contributed by atoms with Gasteiger partial charge in [0.1, 0.15) is 11.0 Å². The second-order valence-electron chi connectivity index (χ2n) is 9.08. The number of rotatable bonds is 5. The van der Waals surface area contributed by atoms with Gasteiger partial charge in [-0.05, 0) is 43.7 Å². The van der Waals surface area contributed by atoms with Crippen molar-refractivity contribution in [2.24, 2.45) is 5.92 Å². The number of fused-ring (bicyclic) bond motifs is 1. The number of nitrogens with zero attached hydrogens (tertiary/aromatic N) is 2. The number of benzene rings is 1. The molecule has 2 N–H and O–H groups in total. The molecule has 0 atom stereocenters. The Kier molecular flexibility index (Phi) is 5.03. The van der Waals surface area contributed by atoms with Gasteiger partial charge in [0.25, 0.3) is 0 Å². The molecule has 1 aromatic heterocycles. The Bertz CT molecular complexity index is 1200. The molecular formula is C25H29N3O3+2. The fraction of sp³-hybridized carbons (Fsp3) is 0.440. The smallest absolute Gasteiger partial charge is 0.325 e. The number of pyridine rings is 1. The SMILES string of the molecule is COc1cc2c(cc1NC(=O)c1cccc(C3CC3)[n+]1O)=C[N+]([C@H]1CC[C@H](C)CC1)=C=2. The zero-order valence-corrected chi connectivity index (χ0v) is 18.1. The molecule has 160 valence electrons. The lowest BCUT2D eigenvalue weighted by Crippen LogP contribution is -2.43. The van der Waals surface area contributed by atoms with Gasteiger partial charge in [0.15, 0.2) is 18.1 Å². The summed E-state index contributed by atoms with van der Waals surface area (Å²) in [4.78, 5) is 13.0. The highest BCUT2D eigenvalue weighted by molar-refractivity contribution is 6.02. The van der Waals surface area contributed by atoms with Crippen LogP contribution >= 0.6 is 0 Å². The lowest BCUT2D eigenvalue weighted by Gasteiger charge is -2.21. The molecule has 1 amide bonds. The van der Waals surface area contributed by atoms with E-state index in [2.05, 4.69) is 28.9 Å². The summed E-state index contributed by atoms with van der Waals surface area (Å²) in [5.74, 6) is 4.83. The van der Waals surface area contributed by atoms with E-state index < -0.39 is 0 Å². The molecule has 0 unspecified atom stereocenters. The largest absolute Gasteiger partial charge is 0.495 e. The van der Waals surface area contributed by atoms with E-state index in [0.29, 0.717) is 23.4 Å². The molecule has 31 heavy (non-hydrogen) atoms. The molecular weight excluding hydrogens is 390 g/mol. The molecule has 6 heteroatoms. The molecule has 2 fully saturated rings. The summed E-state index contributed by atoms with van der Waals surface area (Å²) in [5.41, 5.74) is 1.58. The second kappa shape index (κ2) is 7.86. The van der Waals surface area contributed by atoms with Gasteiger partial charge in [-0.2, -0.15) is 4.58 Å². The Labute approximate surface area is 181 Å². The van der Waals surface area contributed by atoms with Gasteiger partial charge in [0, 0.05) is 41.7 Å². The first kappa shape index (κ1) is 19.8. The predicted molar refractivity (Wildman–Crippen MR) is 116 cm³/mol. The van der Waals surface area contributed by atoms with Crippen molar-refractivity contribution >= 4 is 23.7 Å². The van der Waals surface area contributed by atoms with Crippen LogP contribution in [0.5, 0.6) is 5.75 Å². The van der Waals surface area contributed by atoms with Crippen molar-refractivity contribution in [3.05, 3.63) is 52.2 Å². The van der Waals surface area contributed by atoms with Crippen LogP contribution in [0.15, 0.2) is 30.3 Å². The van der Waals surface area contributed by atoms with Gasteiger partial charge in [-0.15, -0.1) is 0 Å². The maximum Gasteiger partial charge on any atom is 0.325 e. The van der Waals surface area contributed by atoms with Crippen LogP contribution in [0.4, 0.5) is 5.69 Å². The van der Waals surface area contributed by atoms with Gasteiger partial charge in [-0.1, -0.05) is 6.92 Å². The summed E-state index contributed by atoms with van der Waals surface area (Å²) in [6.45, 7) is 2.32. The van der Waals surface area contributed by atoms with E-state index >= 15 is 0 Å². The topological polar surface area (TPSA) is 65.5 Å². The van der Waals surface area contributed by atoms with Gasteiger partial charge >= 0.3 is 11.6 Å². The monoisotopic (exact) mass is 419 g/mol. The minimum absolute atomic E-state index is 0.215. The summed E-state index contributed by atoms with van der Waals surface area (Å²) in [5, 5.41) is 15.4. The zero-order chi connectivity index (χ0) is 21.5. The molecule has 0 radical (unpaired) electrons. The Morgan fingerprint density at radius 2 is 1.94 bits per heavy atom. The Balaban J connectivity index is 1.42. The maximum atomic E-state index is 13.0. The average Bonchev–Trinajstić information content (AvgIpc) is 3.53. The van der Waals surface area contributed by atoms with Crippen molar-refractivity contribution in [2.45, 2.75) is 57.4 Å². The van der Waals surface area contributed by atoms with Crippen LogP contribution in [0.3, 0.4) is 0 Å². The fourth-order valence-electron chi connectivity index (χ4n) is 4.67. The Morgan fingerprint density at radius 3 is 2.65 bits per heavy atom. The third-order valence-electron chi connectivity index (χ3n) is 6.75. The third kappa shape index (κ3) is 3.84. The predicted octanol–water partition coefficient (Wildman–Crippen LogP) is 2.03. The lowest BCUT2D eigenvalue weighted by molar-refractivity contribution is -0.910. The van der Waals surface area contributed by atoms with Gasteiger partial charge in [-0.3, -0.25) is 10.0 Å². The molecule has 1 aromatic carbocycles. The summed E-state index contributed by atoms with van der Waals surface area (Å²) < 4.78 is 8.76. The van der Waals surface area contributed by atoms with Crippen molar-refractivity contribution in [2.75, 3.05) is 12.4 Å². The van der Waals surface area contributed by atoms with Gasteiger partial charge in [0.2, 0.25) is 5.69 Å². The highest BCUT2D eigenvalue weighted by atomic mass is 16.5. The summed E-state index contributed by atoms with van der Waals surface area (Å²) in [6, 6.07) is 9.63. The van der Waals surface area contributed by atoms with E-state index in [4.69, 9.17) is 4.74 Å². The summed E-state index contributed by atoms with van der Waals surface area (Å²) >= 11 is 0. The van der Waals surface area contributed by atoms with Crippen molar-refractivity contribution < 1.29 is 24.0 Å². The molecule has 2 saturated carbocycles. The number of hydrogen-bond acceptors (Lipinski definition) is 3. The highest BCUT2D eigenvalue weighted by Crippen LogP contribution is 2.38. The normalized spacial score (nSPS) is 22.1. The standard InChI is InChI=1S/C25H28N3O3/c1-16-6-10-20(11-7-16)27-14-18-12-21(24(31-2)13-19(18)15-27)26-25(29)23-5-3-4-22(28(23)30)17-8-9-17/h3-5,12-14,16-17,20H,6-11H2,1-2H3,(H-,26,29,30)/q+1/p+1/t16-,20-. The van der Waals surface area contributed by atoms with Crippen molar-refractivity contribution in [1.82, 2.24) is 0 Å². The highest BCUT2D eigenvalue weighted by Gasteiger charge is 2.36. The number of amides is 1. The number of anilines is 1. The van der Waals surface area contributed by atoms with Crippen LogP contribution < -0.4 is 25.2 Å². The molecule has 0 saturated heterocycles. The van der Waals surface area contributed by atoms with Gasteiger partial charge in [-0.25, -0.2) is 0 Å². The van der Waals surface area contributed by atoms with Crippen LogP contribution in [0.25, 0.3) is 6.20 Å². The average molecular weight is 420 g/mol. The first-order valence-electron chi connectivity index (χ1n) is 11.2. The van der Waals surface area contributed by atoms with Crippen LogP contribution in [-0.2, 0) is 0 Å². The van der Waals surface area contributed by atoms with E-state index in [1.807, 2.05) is 24.3 Å². The first-order chi connectivity index (χ1) is 15.0. The van der Waals surface area contributed by atoms with E-state index in [1.54, 1.807) is 13.2 Å². The molecule has 5 rings (SSSR count). The number of ether oxygens (including phenoxy) is 1. The van der Waals surface area contributed by atoms with Crippen LogP contribution in [0.1, 0.15) is 67.5 Å². The number of carbonyl (C=O) groups is 1. The molecule has 6 nitrogen and oxygen atoms in total. The summed E-state index contributed by atoms with van der Waals surface area (Å²) in [6.07, 6.45) is 9.05. The quantitative estimate of drug-likeness (QED) is 0.576. The Morgan fingerprint density at radius 1 is 1.16 bits per heavy atom. The zero-order valence-electron chi connectivity index (χ0n) is 18.1. The number of carbonyl (C=O) groups excluding carboxylic acids is 1. The minimum Gasteiger partial charge on any atom is -0.495 e. The van der Waals surface area contributed by atoms with E-state index in [1.165, 1.54) is 25.7 Å². The molecule has 0 spiro atoms. The Hall–Kier alpha value is -3.11. The lowest BCUT2D eigenvalue weighted by atomic mass is 9.87. The first-order valence-corrected chi connectivity index (χ1v) is 11.2. The number of methoxy groups -OCH3 is 1. The van der Waals surface area contributed by atoms with Crippen molar-refractivity contribution in [3.8, 4) is 5.75 Å². The molecule has 2 aromatic rings. The molecule has 1 aliphatic heterocycles. The molecule has 0 bridgehead atoms. The molecule has 2 aliphatic carbocycles. The molecule has 3 aliphatic rings. The van der Waals surface area contributed by atoms with Crippen LogP contribution in [-0.4, -0.2) is 34.7 Å². The van der Waals surface area contributed by atoms with E-state index in [0.717, 1.165) is 39.6 Å². The van der Waals surface area contributed by atoms with Crippen LogP contribution in [0, 0.1) is 5.92 Å². The second-order valence-corrected chi connectivity index (χ2v) is 9.08. The third-order valence-corrected chi connectivity index (χ3v) is 6.75. The van der Waals surface area contributed by atoms with Gasteiger partial charge in [0.05, 0.1) is 18.0 Å². The number of nitrogens with one attached hydrogen (secondary N) is 1. The van der Waals surface area contributed by atoms with Crippen LogP contribution in [0.2, 0.25) is 0 Å². The maximum absolute atomic E-state index is 13.0. The minimum atomic E-state index is -0.368. The van der Waals surface area contributed by atoms with Crippen molar-refractivity contribution in [1.29, 1.82) is 0 Å².